The number of rotatable bonds is 3. The minimum absolute atomic E-state index is 0.0457. The van der Waals surface area contributed by atoms with Crippen LogP contribution in [0.4, 0.5) is 5.69 Å². The lowest BCUT2D eigenvalue weighted by atomic mass is 10.1. The molecule has 1 saturated heterocycles. The zero-order valence-corrected chi connectivity index (χ0v) is 10.8. The molecule has 1 aromatic carbocycles. The van der Waals surface area contributed by atoms with Gasteiger partial charge in [-0.1, -0.05) is 11.6 Å². The summed E-state index contributed by atoms with van der Waals surface area (Å²) in [6, 6.07) is 6.54. The van der Waals surface area contributed by atoms with Gasteiger partial charge in [0.25, 0.3) is 5.69 Å². The van der Waals surface area contributed by atoms with E-state index in [-0.39, 0.29) is 5.69 Å². The average Bonchev–Trinajstić information content (AvgIpc) is 2.38. The van der Waals surface area contributed by atoms with Crippen LogP contribution in [0.3, 0.4) is 0 Å². The molecule has 6 nitrogen and oxygen atoms in total. The molecule has 1 aliphatic rings. The fourth-order valence-corrected chi connectivity index (χ4v) is 2.22. The molecule has 0 saturated carbocycles. The van der Waals surface area contributed by atoms with Crippen molar-refractivity contribution in [2.75, 3.05) is 19.7 Å². The van der Waals surface area contributed by atoms with Gasteiger partial charge in [0, 0.05) is 36.3 Å². The number of benzene rings is 1. The van der Waals surface area contributed by atoms with Crippen molar-refractivity contribution in [1.29, 1.82) is 5.26 Å². The maximum Gasteiger partial charge on any atom is 0.273 e. The molecular weight excluding hydrogens is 270 g/mol. The van der Waals surface area contributed by atoms with E-state index in [0.29, 0.717) is 36.8 Å². The number of nitro groups is 1. The van der Waals surface area contributed by atoms with Gasteiger partial charge >= 0.3 is 0 Å². The first kappa shape index (κ1) is 13.7. The lowest BCUT2D eigenvalue weighted by molar-refractivity contribution is -0.385. The highest BCUT2D eigenvalue weighted by molar-refractivity contribution is 6.30. The lowest BCUT2D eigenvalue weighted by Gasteiger charge is -2.29. The summed E-state index contributed by atoms with van der Waals surface area (Å²) in [5.74, 6) is 0. The Morgan fingerprint density at radius 3 is 3.11 bits per heavy atom. The molecular formula is C12H12ClN3O3. The van der Waals surface area contributed by atoms with Gasteiger partial charge in [0.1, 0.15) is 0 Å². The Labute approximate surface area is 115 Å². The highest BCUT2D eigenvalue weighted by Crippen LogP contribution is 2.24. The smallest absolute Gasteiger partial charge is 0.273 e. The summed E-state index contributed by atoms with van der Waals surface area (Å²) in [7, 11) is 0. The predicted molar refractivity (Wildman–Crippen MR) is 68.7 cm³/mol. The van der Waals surface area contributed by atoms with Crippen LogP contribution in [0, 0.1) is 21.4 Å². The third-order valence-corrected chi connectivity index (χ3v) is 3.16. The molecule has 100 valence electrons. The highest BCUT2D eigenvalue weighted by atomic mass is 35.5. The van der Waals surface area contributed by atoms with Crippen LogP contribution in [-0.4, -0.2) is 35.6 Å². The predicted octanol–water partition coefficient (Wildman–Crippen LogP) is 1.97. The molecule has 1 aromatic rings. The molecule has 0 bridgehead atoms. The summed E-state index contributed by atoms with van der Waals surface area (Å²) in [4.78, 5) is 12.5. The molecule has 1 unspecified atom stereocenters. The van der Waals surface area contributed by atoms with Crippen molar-refractivity contribution < 1.29 is 9.66 Å². The Morgan fingerprint density at radius 2 is 2.42 bits per heavy atom. The van der Waals surface area contributed by atoms with Crippen LogP contribution < -0.4 is 0 Å². The van der Waals surface area contributed by atoms with Crippen LogP contribution in [0.2, 0.25) is 5.02 Å². The van der Waals surface area contributed by atoms with Gasteiger partial charge < -0.3 is 4.74 Å². The normalized spacial score (nSPS) is 19.9. The number of nitro benzene ring substituents is 1. The molecule has 1 fully saturated rings. The van der Waals surface area contributed by atoms with Gasteiger partial charge in [0.15, 0.2) is 6.10 Å². The van der Waals surface area contributed by atoms with E-state index in [1.807, 2.05) is 11.0 Å². The number of nitriles is 1. The van der Waals surface area contributed by atoms with E-state index in [1.54, 1.807) is 6.07 Å². The van der Waals surface area contributed by atoms with E-state index < -0.39 is 11.0 Å². The molecule has 2 rings (SSSR count). The molecule has 7 heteroatoms. The Morgan fingerprint density at radius 1 is 1.63 bits per heavy atom. The largest absolute Gasteiger partial charge is 0.361 e. The van der Waals surface area contributed by atoms with Crippen molar-refractivity contribution in [3.8, 4) is 6.07 Å². The van der Waals surface area contributed by atoms with Crippen LogP contribution >= 0.6 is 11.6 Å². The molecule has 0 spiro atoms. The lowest BCUT2D eigenvalue weighted by Crippen LogP contribution is -2.41. The molecule has 0 radical (unpaired) electrons. The van der Waals surface area contributed by atoms with Gasteiger partial charge in [-0.3, -0.25) is 15.0 Å². The van der Waals surface area contributed by atoms with Crippen LogP contribution in [0.1, 0.15) is 5.56 Å². The Kier molecular flexibility index (Phi) is 4.32. The molecule has 1 heterocycles. The van der Waals surface area contributed by atoms with E-state index in [0.717, 1.165) is 0 Å². The summed E-state index contributed by atoms with van der Waals surface area (Å²) in [5.41, 5.74) is 0.598. The van der Waals surface area contributed by atoms with Gasteiger partial charge in [-0.25, -0.2) is 0 Å². The second kappa shape index (κ2) is 5.97. The monoisotopic (exact) mass is 281 g/mol. The fourth-order valence-electron chi connectivity index (χ4n) is 2.02. The first-order chi connectivity index (χ1) is 9.10. The van der Waals surface area contributed by atoms with Gasteiger partial charge in [-0.2, -0.15) is 5.26 Å². The molecule has 1 aliphatic heterocycles. The maximum atomic E-state index is 11.0. The number of halogens is 1. The van der Waals surface area contributed by atoms with E-state index in [1.165, 1.54) is 12.1 Å². The maximum absolute atomic E-state index is 11.0. The van der Waals surface area contributed by atoms with Crippen LogP contribution in [0.5, 0.6) is 0 Å². The van der Waals surface area contributed by atoms with Crippen molar-refractivity contribution >= 4 is 17.3 Å². The van der Waals surface area contributed by atoms with E-state index in [4.69, 9.17) is 21.6 Å². The third kappa shape index (κ3) is 3.41. The van der Waals surface area contributed by atoms with Crippen molar-refractivity contribution in [2.24, 2.45) is 0 Å². The van der Waals surface area contributed by atoms with E-state index in [9.17, 15) is 10.1 Å². The van der Waals surface area contributed by atoms with Crippen LogP contribution in [0.25, 0.3) is 0 Å². The molecule has 0 N–H and O–H groups in total. The van der Waals surface area contributed by atoms with Crippen molar-refractivity contribution in [3.05, 3.63) is 38.9 Å². The summed E-state index contributed by atoms with van der Waals surface area (Å²) in [5, 5.41) is 20.3. The summed E-state index contributed by atoms with van der Waals surface area (Å²) in [6.07, 6.45) is -0.480. The Balaban J connectivity index is 2.16. The quantitative estimate of drug-likeness (QED) is 0.625. The highest BCUT2D eigenvalue weighted by Gasteiger charge is 2.23. The minimum atomic E-state index is -0.480. The van der Waals surface area contributed by atoms with Crippen LogP contribution in [-0.2, 0) is 11.3 Å². The number of ether oxygens (including phenoxy) is 1. The Bertz CT molecular complexity index is 529. The van der Waals surface area contributed by atoms with Gasteiger partial charge in [-0.05, 0) is 12.1 Å². The minimum Gasteiger partial charge on any atom is -0.361 e. The standard InChI is InChI=1S/C12H12ClN3O3/c13-10-1-2-12(16(17)18)9(5-10)7-15-3-4-19-11(6-14)8-15/h1-2,5,11H,3-4,7-8H2. The zero-order valence-electron chi connectivity index (χ0n) is 10.1. The second-order valence-electron chi connectivity index (χ2n) is 4.25. The topological polar surface area (TPSA) is 79.4 Å². The van der Waals surface area contributed by atoms with E-state index in [2.05, 4.69) is 0 Å². The molecule has 19 heavy (non-hydrogen) atoms. The van der Waals surface area contributed by atoms with E-state index >= 15 is 0 Å². The van der Waals surface area contributed by atoms with Crippen molar-refractivity contribution in [2.45, 2.75) is 12.6 Å². The average molecular weight is 282 g/mol. The number of hydrogen-bond acceptors (Lipinski definition) is 5. The van der Waals surface area contributed by atoms with Crippen molar-refractivity contribution in [3.63, 3.8) is 0 Å². The van der Waals surface area contributed by atoms with Gasteiger partial charge in [0.2, 0.25) is 0 Å². The zero-order chi connectivity index (χ0) is 13.8. The van der Waals surface area contributed by atoms with Gasteiger partial charge in [0.05, 0.1) is 17.6 Å². The number of nitrogens with zero attached hydrogens (tertiary/aromatic N) is 3. The van der Waals surface area contributed by atoms with Gasteiger partial charge in [-0.15, -0.1) is 0 Å². The third-order valence-electron chi connectivity index (χ3n) is 2.93. The summed E-state index contributed by atoms with van der Waals surface area (Å²) < 4.78 is 5.23. The molecule has 1 atom stereocenters. The molecule has 0 aromatic heterocycles. The second-order valence-corrected chi connectivity index (χ2v) is 4.69. The summed E-state index contributed by atoms with van der Waals surface area (Å²) in [6.45, 7) is 1.92. The first-order valence-electron chi connectivity index (χ1n) is 5.76. The first-order valence-corrected chi connectivity index (χ1v) is 6.14. The molecule has 0 aliphatic carbocycles. The number of hydrogen-bond donors (Lipinski definition) is 0. The fraction of sp³-hybridized carbons (Fsp3) is 0.417. The Hall–Kier alpha value is -1.68. The SMILES string of the molecule is N#CC1CN(Cc2cc(Cl)ccc2[N+](=O)[O-])CCO1. The summed E-state index contributed by atoms with van der Waals surface area (Å²) >= 11 is 5.88. The molecule has 0 amide bonds. The van der Waals surface area contributed by atoms with Crippen molar-refractivity contribution in [1.82, 2.24) is 4.90 Å². The van der Waals surface area contributed by atoms with Crippen LogP contribution in [0.15, 0.2) is 18.2 Å². The number of morpholine rings is 1.